The van der Waals surface area contributed by atoms with Gasteiger partial charge in [0.1, 0.15) is 9.77 Å². The number of carbonyl (C=O) groups excluding carboxylic acids is 1. The van der Waals surface area contributed by atoms with Crippen molar-refractivity contribution >= 4 is 39.7 Å². The van der Waals surface area contributed by atoms with E-state index in [4.69, 9.17) is 0 Å². The zero-order valence-corrected chi connectivity index (χ0v) is 15.2. The highest BCUT2D eigenvalue weighted by molar-refractivity contribution is 7.89. The summed E-state index contributed by atoms with van der Waals surface area (Å²) < 4.78 is 32.6. The molecule has 22 heavy (non-hydrogen) atoms. The number of nitrogens with one attached hydrogen (secondary N) is 2. The van der Waals surface area contributed by atoms with E-state index in [0.717, 1.165) is 24.3 Å². The zero-order chi connectivity index (χ0) is 15.6. The van der Waals surface area contributed by atoms with Crippen molar-refractivity contribution in [1.29, 1.82) is 0 Å². The molecular weight excluding hydrogens is 348 g/mol. The molecule has 2 heterocycles. The fourth-order valence-corrected chi connectivity index (χ4v) is 5.46. The van der Waals surface area contributed by atoms with E-state index < -0.39 is 16.0 Å². The average molecular weight is 369 g/mol. The molecule has 0 aromatic carbocycles. The second kappa shape index (κ2) is 7.74. The molecule has 2 atom stereocenters. The lowest BCUT2D eigenvalue weighted by Gasteiger charge is -2.30. The van der Waals surface area contributed by atoms with Crippen molar-refractivity contribution in [3.05, 3.63) is 15.8 Å². The maximum Gasteiger partial charge on any atom is 0.349 e. The molecule has 0 bridgehead atoms. The topological polar surface area (TPSA) is 84.5 Å². The number of hydrogen-bond acceptors (Lipinski definition) is 6. The molecule has 1 aromatic heterocycles. The van der Waals surface area contributed by atoms with Gasteiger partial charge in [0.15, 0.2) is 0 Å². The van der Waals surface area contributed by atoms with Gasteiger partial charge in [-0.05, 0) is 36.8 Å². The molecule has 9 heteroatoms. The summed E-state index contributed by atoms with van der Waals surface area (Å²) >= 11 is 1.09. The van der Waals surface area contributed by atoms with Crippen LogP contribution in [-0.2, 0) is 14.8 Å². The number of piperidine rings is 1. The molecule has 0 amide bonds. The Labute approximate surface area is 141 Å². The minimum Gasteiger partial charge on any atom is -0.465 e. The number of methoxy groups -OCH3 is 1. The highest BCUT2D eigenvalue weighted by Gasteiger charge is 2.32. The van der Waals surface area contributed by atoms with Gasteiger partial charge in [0.05, 0.1) is 7.11 Å². The number of thiophene rings is 1. The Morgan fingerprint density at radius 1 is 1.50 bits per heavy atom. The standard InChI is InChI=1S/C13H20N2O4S2.ClH/c1-8-4-5-14-6-10(8)15-21(17,18)12-9(2)7-20-11(12)13(16)19-3;/h7-8,10,14-15H,4-6H2,1-3H3;1H. The van der Waals surface area contributed by atoms with Crippen LogP contribution in [-0.4, -0.2) is 40.6 Å². The van der Waals surface area contributed by atoms with Crippen molar-refractivity contribution in [2.45, 2.75) is 31.2 Å². The van der Waals surface area contributed by atoms with Gasteiger partial charge in [0, 0.05) is 12.6 Å². The second-order valence-corrected chi connectivity index (χ2v) is 7.80. The monoisotopic (exact) mass is 368 g/mol. The van der Waals surface area contributed by atoms with Gasteiger partial charge in [-0.15, -0.1) is 23.7 Å². The molecule has 6 nitrogen and oxygen atoms in total. The third-order valence-corrected chi connectivity index (χ3v) is 6.58. The lowest BCUT2D eigenvalue weighted by molar-refractivity contribution is 0.0602. The van der Waals surface area contributed by atoms with Gasteiger partial charge in [-0.1, -0.05) is 6.92 Å². The summed E-state index contributed by atoms with van der Waals surface area (Å²) in [4.78, 5) is 11.9. The van der Waals surface area contributed by atoms with E-state index in [9.17, 15) is 13.2 Å². The van der Waals surface area contributed by atoms with E-state index >= 15 is 0 Å². The fraction of sp³-hybridized carbons (Fsp3) is 0.615. The van der Waals surface area contributed by atoms with Crippen molar-refractivity contribution in [3.8, 4) is 0 Å². The first-order chi connectivity index (χ1) is 9.86. The van der Waals surface area contributed by atoms with Gasteiger partial charge in [0.25, 0.3) is 0 Å². The third kappa shape index (κ3) is 3.99. The normalized spacial score (nSPS) is 22.0. The van der Waals surface area contributed by atoms with Gasteiger partial charge in [-0.25, -0.2) is 17.9 Å². The zero-order valence-electron chi connectivity index (χ0n) is 12.7. The minimum absolute atomic E-state index is 0. The van der Waals surface area contributed by atoms with E-state index in [-0.39, 0.29) is 34.1 Å². The van der Waals surface area contributed by atoms with Crippen molar-refractivity contribution in [1.82, 2.24) is 10.0 Å². The molecule has 0 aliphatic carbocycles. The van der Waals surface area contributed by atoms with Crippen LogP contribution in [0.2, 0.25) is 0 Å². The first-order valence-corrected chi connectivity index (χ1v) is 9.12. The molecule has 2 unspecified atom stereocenters. The number of sulfonamides is 1. The van der Waals surface area contributed by atoms with Gasteiger partial charge in [-0.2, -0.15) is 0 Å². The molecule has 1 aliphatic rings. The number of hydrogen-bond donors (Lipinski definition) is 2. The van der Waals surface area contributed by atoms with Crippen molar-refractivity contribution in [3.63, 3.8) is 0 Å². The molecule has 0 saturated carbocycles. The number of aryl methyl sites for hydroxylation is 1. The van der Waals surface area contributed by atoms with Crippen LogP contribution in [0.1, 0.15) is 28.6 Å². The van der Waals surface area contributed by atoms with Crippen LogP contribution in [0.15, 0.2) is 10.3 Å². The predicted molar refractivity (Wildman–Crippen MR) is 88.4 cm³/mol. The van der Waals surface area contributed by atoms with Crippen molar-refractivity contribution < 1.29 is 17.9 Å². The molecule has 1 aliphatic heterocycles. The maximum absolute atomic E-state index is 12.6. The van der Waals surface area contributed by atoms with Gasteiger partial charge in [-0.3, -0.25) is 0 Å². The molecule has 0 spiro atoms. The Balaban J connectivity index is 0.00000242. The van der Waals surface area contributed by atoms with E-state index in [1.807, 2.05) is 6.92 Å². The van der Waals surface area contributed by atoms with Crippen LogP contribution in [0, 0.1) is 12.8 Å². The molecule has 1 aromatic rings. The molecule has 2 rings (SSSR count). The Bertz CT molecular complexity index is 630. The summed E-state index contributed by atoms with van der Waals surface area (Å²) in [5.41, 5.74) is 0.560. The summed E-state index contributed by atoms with van der Waals surface area (Å²) in [6.45, 7) is 5.19. The Kier molecular flexibility index (Phi) is 6.82. The Morgan fingerprint density at radius 2 is 2.18 bits per heavy atom. The van der Waals surface area contributed by atoms with E-state index in [2.05, 4.69) is 14.8 Å². The number of halogens is 1. The van der Waals surface area contributed by atoms with Crippen LogP contribution < -0.4 is 10.0 Å². The van der Waals surface area contributed by atoms with Crippen molar-refractivity contribution in [2.75, 3.05) is 20.2 Å². The third-order valence-electron chi connectivity index (χ3n) is 3.69. The lowest BCUT2D eigenvalue weighted by Crippen LogP contribution is -2.50. The van der Waals surface area contributed by atoms with E-state index in [1.54, 1.807) is 12.3 Å². The summed E-state index contributed by atoms with van der Waals surface area (Å²) in [5.74, 6) is -0.371. The Hall–Kier alpha value is -0.670. The van der Waals surface area contributed by atoms with Crippen LogP contribution in [0.4, 0.5) is 0 Å². The smallest absolute Gasteiger partial charge is 0.349 e. The Morgan fingerprint density at radius 3 is 2.77 bits per heavy atom. The number of carbonyl (C=O) groups is 1. The molecule has 0 radical (unpaired) electrons. The molecule has 1 fully saturated rings. The SMILES string of the molecule is COC(=O)c1scc(C)c1S(=O)(=O)NC1CNCCC1C.Cl. The second-order valence-electron chi connectivity index (χ2n) is 5.27. The van der Waals surface area contributed by atoms with Gasteiger partial charge in [0.2, 0.25) is 10.0 Å². The van der Waals surface area contributed by atoms with Crippen molar-refractivity contribution in [2.24, 2.45) is 5.92 Å². The highest BCUT2D eigenvalue weighted by atomic mass is 35.5. The highest BCUT2D eigenvalue weighted by Crippen LogP contribution is 2.28. The first kappa shape index (κ1) is 19.4. The number of esters is 1. The first-order valence-electron chi connectivity index (χ1n) is 6.76. The molecule has 126 valence electrons. The quantitative estimate of drug-likeness (QED) is 0.787. The summed E-state index contributed by atoms with van der Waals surface area (Å²) in [5, 5.41) is 4.84. The average Bonchev–Trinajstić information content (AvgIpc) is 2.83. The summed E-state index contributed by atoms with van der Waals surface area (Å²) in [6.07, 6.45) is 0.916. The van der Waals surface area contributed by atoms with E-state index in [0.29, 0.717) is 12.1 Å². The van der Waals surface area contributed by atoms with Crippen LogP contribution >= 0.6 is 23.7 Å². The van der Waals surface area contributed by atoms with Crippen LogP contribution in [0.5, 0.6) is 0 Å². The van der Waals surface area contributed by atoms with Crippen LogP contribution in [0.25, 0.3) is 0 Å². The van der Waals surface area contributed by atoms with Gasteiger partial charge < -0.3 is 10.1 Å². The molecular formula is C13H21ClN2O4S2. The van der Waals surface area contributed by atoms with E-state index in [1.165, 1.54) is 7.11 Å². The maximum atomic E-state index is 12.6. The lowest BCUT2D eigenvalue weighted by atomic mass is 9.96. The van der Waals surface area contributed by atoms with Gasteiger partial charge >= 0.3 is 5.97 Å². The number of ether oxygens (including phenoxy) is 1. The molecule has 2 N–H and O–H groups in total. The fourth-order valence-electron chi connectivity index (χ4n) is 2.41. The molecule has 1 saturated heterocycles. The number of rotatable bonds is 4. The summed E-state index contributed by atoms with van der Waals surface area (Å²) in [7, 11) is -2.50. The predicted octanol–water partition coefficient (Wildman–Crippen LogP) is 1.54. The minimum atomic E-state index is -3.75. The summed E-state index contributed by atoms with van der Waals surface area (Å²) in [6, 6.07) is -0.173. The largest absolute Gasteiger partial charge is 0.465 e. The van der Waals surface area contributed by atoms with Crippen LogP contribution in [0.3, 0.4) is 0 Å².